The Balaban J connectivity index is 1.50. The van der Waals surface area contributed by atoms with Crippen molar-refractivity contribution in [3.63, 3.8) is 0 Å². The minimum atomic E-state index is -0.251. The second-order valence-electron chi connectivity index (χ2n) is 7.21. The molecule has 1 aromatic carbocycles. The molecule has 0 bridgehead atoms. The molecule has 1 atom stereocenters. The highest BCUT2D eigenvalue weighted by Crippen LogP contribution is 2.33. The number of aromatic nitrogens is 5. The summed E-state index contributed by atoms with van der Waals surface area (Å²) in [5.41, 5.74) is 3.50. The minimum absolute atomic E-state index is 0.164. The molecule has 0 saturated heterocycles. The molecule has 1 aliphatic heterocycles. The maximum Gasteiger partial charge on any atom is 0.265 e. The average molecular weight is 439 g/mol. The van der Waals surface area contributed by atoms with Gasteiger partial charge in [0, 0.05) is 23.8 Å². The van der Waals surface area contributed by atoms with E-state index in [2.05, 4.69) is 21.5 Å². The number of nitrogens with zero attached hydrogens (tertiary/aromatic N) is 5. The fourth-order valence-corrected chi connectivity index (χ4v) is 5.35. The van der Waals surface area contributed by atoms with E-state index in [0.717, 1.165) is 16.8 Å². The van der Waals surface area contributed by atoms with Crippen molar-refractivity contribution in [3.05, 3.63) is 57.5 Å². The summed E-state index contributed by atoms with van der Waals surface area (Å²) < 4.78 is 3.35. The summed E-state index contributed by atoms with van der Waals surface area (Å²) in [7, 11) is 0. The number of hydrogen-bond donors (Lipinski definition) is 1. The summed E-state index contributed by atoms with van der Waals surface area (Å²) in [5, 5.41) is 10.6. The molecular formula is C20H18N6O2S2. The van der Waals surface area contributed by atoms with Crippen LogP contribution in [0, 0.1) is 13.8 Å². The van der Waals surface area contributed by atoms with E-state index in [1.807, 2.05) is 26.0 Å². The SMILES string of the molecule is Cc1ccc(-n2ncc3c(=O)n4c(nc32)SCC4CC(=O)Nc2nccs2)c(C)c1. The van der Waals surface area contributed by atoms with Gasteiger partial charge >= 0.3 is 0 Å². The number of rotatable bonds is 4. The summed E-state index contributed by atoms with van der Waals surface area (Å²) in [6.07, 6.45) is 3.39. The van der Waals surface area contributed by atoms with Crippen molar-refractivity contribution >= 4 is 45.2 Å². The predicted molar refractivity (Wildman–Crippen MR) is 118 cm³/mol. The number of thiazole rings is 1. The van der Waals surface area contributed by atoms with Crippen LogP contribution in [-0.4, -0.2) is 36.0 Å². The van der Waals surface area contributed by atoms with E-state index in [1.165, 1.54) is 23.1 Å². The van der Waals surface area contributed by atoms with Crippen LogP contribution in [0.5, 0.6) is 0 Å². The van der Waals surface area contributed by atoms with Gasteiger partial charge in [-0.2, -0.15) is 5.10 Å². The zero-order valence-electron chi connectivity index (χ0n) is 16.3. The van der Waals surface area contributed by atoms with Gasteiger partial charge in [-0.05, 0) is 25.5 Å². The van der Waals surface area contributed by atoms with Crippen LogP contribution in [-0.2, 0) is 4.79 Å². The van der Waals surface area contributed by atoms with Gasteiger partial charge in [-0.3, -0.25) is 14.2 Å². The van der Waals surface area contributed by atoms with E-state index in [-0.39, 0.29) is 23.9 Å². The van der Waals surface area contributed by atoms with Crippen molar-refractivity contribution in [3.8, 4) is 5.69 Å². The van der Waals surface area contributed by atoms with Gasteiger partial charge in [0.25, 0.3) is 5.56 Å². The van der Waals surface area contributed by atoms with Crippen LogP contribution in [0.3, 0.4) is 0 Å². The van der Waals surface area contributed by atoms with Crippen LogP contribution in [0.4, 0.5) is 5.13 Å². The molecule has 3 aromatic heterocycles. The third-order valence-electron chi connectivity index (χ3n) is 5.05. The molecule has 4 aromatic rings. The molecule has 1 amide bonds. The van der Waals surface area contributed by atoms with Crippen LogP contribution in [0.1, 0.15) is 23.6 Å². The van der Waals surface area contributed by atoms with Crippen molar-refractivity contribution in [2.24, 2.45) is 0 Å². The molecule has 8 nitrogen and oxygen atoms in total. The van der Waals surface area contributed by atoms with Crippen LogP contribution in [0.25, 0.3) is 16.7 Å². The van der Waals surface area contributed by atoms with Gasteiger partial charge < -0.3 is 5.32 Å². The fraction of sp³-hybridized carbons (Fsp3) is 0.250. The molecule has 4 heterocycles. The van der Waals surface area contributed by atoms with Crippen molar-refractivity contribution in [2.75, 3.05) is 11.1 Å². The number of hydrogen-bond acceptors (Lipinski definition) is 7. The highest BCUT2D eigenvalue weighted by Gasteiger charge is 2.29. The lowest BCUT2D eigenvalue weighted by molar-refractivity contribution is -0.116. The van der Waals surface area contributed by atoms with Crippen LogP contribution >= 0.6 is 23.1 Å². The second-order valence-corrected chi connectivity index (χ2v) is 9.09. The van der Waals surface area contributed by atoms with E-state index in [1.54, 1.807) is 27.0 Å². The van der Waals surface area contributed by atoms with E-state index in [9.17, 15) is 9.59 Å². The largest absolute Gasteiger partial charge is 0.302 e. The summed E-state index contributed by atoms with van der Waals surface area (Å²) in [6, 6.07) is 5.83. The number of carbonyl (C=O) groups is 1. The Morgan fingerprint density at radius 2 is 2.20 bits per heavy atom. The molecule has 5 rings (SSSR count). The highest BCUT2D eigenvalue weighted by molar-refractivity contribution is 7.99. The van der Waals surface area contributed by atoms with E-state index < -0.39 is 0 Å². The van der Waals surface area contributed by atoms with Gasteiger partial charge in [-0.1, -0.05) is 29.5 Å². The summed E-state index contributed by atoms with van der Waals surface area (Å²) in [5.74, 6) is 0.457. The monoisotopic (exact) mass is 438 g/mol. The van der Waals surface area contributed by atoms with Gasteiger partial charge in [-0.25, -0.2) is 14.6 Å². The second kappa shape index (κ2) is 7.37. The van der Waals surface area contributed by atoms with Gasteiger partial charge in [0.2, 0.25) is 5.91 Å². The first-order chi connectivity index (χ1) is 14.5. The van der Waals surface area contributed by atoms with Crippen LogP contribution in [0.15, 0.2) is 45.9 Å². The van der Waals surface area contributed by atoms with Gasteiger partial charge in [-0.15, -0.1) is 11.3 Å². The number of thioether (sulfide) groups is 1. The molecule has 0 fully saturated rings. The first kappa shape index (κ1) is 19.0. The maximum atomic E-state index is 13.2. The molecule has 1 N–H and O–H groups in total. The number of aryl methyl sites for hydroxylation is 2. The number of fused-ring (bicyclic) bond motifs is 2. The lowest BCUT2D eigenvalue weighted by atomic mass is 10.1. The fourth-order valence-electron chi connectivity index (χ4n) is 3.67. The van der Waals surface area contributed by atoms with Crippen LogP contribution in [0.2, 0.25) is 0 Å². The minimum Gasteiger partial charge on any atom is -0.302 e. The standard InChI is InChI=1S/C20H18N6O2S2/c1-11-3-4-15(12(2)7-11)26-17-14(9-22-26)18(28)25-13(10-30-20(25)24-17)8-16(27)23-19-21-5-6-29-19/h3-7,9,13H,8,10H2,1-2H3,(H,21,23,27). The first-order valence-electron chi connectivity index (χ1n) is 9.41. The van der Waals surface area contributed by atoms with Gasteiger partial charge in [0.05, 0.1) is 17.9 Å². The molecule has 0 spiro atoms. The highest BCUT2D eigenvalue weighted by atomic mass is 32.2. The first-order valence-corrected chi connectivity index (χ1v) is 11.3. The molecule has 0 saturated carbocycles. The Kier molecular flexibility index (Phi) is 4.67. The molecule has 0 aliphatic carbocycles. The molecule has 0 radical (unpaired) electrons. The van der Waals surface area contributed by atoms with E-state index >= 15 is 0 Å². The smallest absolute Gasteiger partial charge is 0.265 e. The Hall–Kier alpha value is -2.98. The zero-order chi connectivity index (χ0) is 20.8. The van der Waals surface area contributed by atoms with E-state index in [4.69, 9.17) is 4.98 Å². The van der Waals surface area contributed by atoms with Crippen molar-refractivity contribution in [1.82, 2.24) is 24.3 Å². The Labute approximate surface area is 180 Å². The molecule has 1 aliphatic rings. The number of benzene rings is 1. The number of anilines is 1. The Bertz CT molecular complexity index is 1330. The normalized spacial score (nSPS) is 15.5. The summed E-state index contributed by atoms with van der Waals surface area (Å²) in [4.78, 5) is 34.4. The van der Waals surface area contributed by atoms with Crippen molar-refractivity contribution < 1.29 is 4.79 Å². The third-order valence-corrected chi connectivity index (χ3v) is 6.84. The average Bonchev–Trinajstić information content (AvgIpc) is 3.43. The van der Waals surface area contributed by atoms with Gasteiger partial charge in [0.1, 0.15) is 5.39 Å². The molecule has 1 unspecified atom stereocenters. The Morgan fingerprint density at radius 1 is 1.33 bits per heavy atom. The van der Waals surface area contributed by atoms with E-state index in [0.29, 0.717) is 27.1 Å². The molecule has 152 valence electrons. The van der Waals surface area contributed by atoms with Crippen LogP contribution < -0.4 is 10.9 Å². The predicted octanol–water partition coefficient (Wildman–Crippen LogP) is 3.33. The third kappa shape index (κ3) is 3.21. The lowest BCUT2D eigenvalue weighted by Gasteiger charge is -2.13. The number of carbonyl (C=O) groups excluding carboxylic acids is 1. The zero-order valence-corrected chi connectivity index (χ0v) is 18.0. The van der Waals surface area contributed by atoms with Gasteiger partial charge in [0.15, 0.2) is 15.9 Å². The topological polar surface area (TPSA) is 94.7 Å². The Morgan fingerprint density at radius 3 is 2.97 bits per heavy atom. The summed E-state index contributed by atoms with van der Waals surface area (Å²) in [6.45, 7) is 4.05. The summed E-state index contributed by atoms with van der Waals surface area (Å²) >= 11 is 2.85. The molecular weight excluding hydrogens is 420 g/mol. The number of nitrogens with one attached hydrogen (secondary N) is 1. The van der Waals surface area contributed by atoms with Crippen molar-refractivity contribution in [2.45, 2.75) is 31.5 Å². The number of amides is 1. The molecule has 30 heavy (non-hydrogen) atoms. The lowest BCUT2D eigenvalue weighted by Crippen LogP contribution is -2.27. The van der Waals surface area contributed by atoms with Crippen molar-refractivity contribution in [1.29, 1.82) is 0 Å². The molecule has 10 heteroatoms. The quantitative estimate of drug-likeness (QED) is 0.491. The maximum absolute atomic E-state index is 13.2.